The molecule has 2 aromatic rings. The third-order valence-corrected chi connectivity index (χ3v) is 4.53. The third kappa shape index (κ3) is 2.96. The Balaban J connectivity index is 1.97. The van der Waals surface area contributed by atoms with Gasteiger partial charge < -0.3 is 0 Å². The number of thioether (sulfide) groups is 1. The summed E-state index contributed by atoms with van der Waals surface area (Å²) in [5.74, 6) is -0.0920. The molecule has 0 aliphatic carbocycles. The summed E-state index contributed by atoms with van der Waals surface area (Å²) < 4.78 is 0.553. The molecule has 1 amide bonds. The van der Waals surface area contributed by atoms with E-state index in [0.29, 0.717) is 9.23 Å². The Hall–Kier alpha value is -1.98. The van der Waals surface area contributed by atoms with Gasteiger partial charge in [0.05, 0.1) is 16.3 Å². The van der Waals surface area contributed by atoms with E-state index in [4.69, 9.17) is 12.2 Å². The van der Waals surface area contributed by atoms with Gasteiger partial charge in [0.15, 0.2) is 4.32 Å². The van der Waals surface area contributed by atoms with Crippen LogP contribution < -0.4 is 4.90 Å². The van der Waals surface area contributed by atoms with Gasteiger partial charge >= 0.3 is 0 Å². The minimum absolute atomic E-state index is 0.0920. The number of carbonyl (C=O) groups is 1. The van der Waals surface area contributed by atoms with Crippen molar-refractivity contribution in [3.05, 3.63) is 64.3 Å². The van der Waals surface area contributed by atoms with E-state index >= 15 is 0 Å². The number of amides is 1. The van der Waals surface area contributed by atoms with E-state index in [1.165, 1.54) is 11.8 Å². The summed E-state index contributed by atoms with van der Waals surface area (Å²) in [4.78, 5) is 19.1. The van der Waals surface area contributed by atoms with E-state index in [2.05, 4.69) is 11.1 Å². The van der Waals surface area contributed by atoms with E-state index in [1.54, 1.807) is 17.2 Å². The minimum Gasteiger partial charge on any atom is -0.268 e. The highest BCUT2D eigenvalue weighted by Gasteiger charge is 2.33. The van der Waals surface area contributed by atoms with Crippen LogP contribution >= 0.6 is 24.0 Å². The zero-order valence-electron chi connectivity index (χ0n) is 12.2. The van der Waals surface area contributed by atoms with Crippen molar-refractivity contribution in [3.63, 3.8) is 0 Å². The van der Waals surface area contributed by atoms with Gasteiger partial charge in [-0.25, -0.2) is 0 Å². The first-order valence-electron chi connectivity index (χ1n) is 6.82. The van der Waals surface area contributed by atoms with Gasteiger partial charge in [-0.1, -0.05) is 36.1 Å². The first-order valence-corrected chi connectivity index (χ1v) is 8.04. The summed E-state index contributed by atoms with van der Waals surface area (Å²) in [7, 11) is 0. The quantitative estimate of drug-likeness (QED) is 0.614. The average Bonchev–Trinajstić information content (AvgIpc) is 2.73. The van der Waals surface area contributed by atoms with Gasteiger partial charge in [-0.15, -0.1) is 0 Å². The van der Waals surface area contributed by atoms with Gasteiger partial charge in [-0.05, 0) is 55.3 Å². The number of benzene rings is 1. The van der Waals surface area contributed by atoms with Crippen LogP contribution in [0.25, 0.3) is 6.08 Å². The number of hydrogen-bond acceptors (Lipinski definition) is 4. The monoisotopic (exact) mass is 326 g/mol. The highest BCUT2D eigenvalue weighted by atomic mass is 32.2. The van der Waals surface area contributed by atoms with E-state index in [-0.39, 0.29) is 5.91 Å². The van der Waals surface area contributed by atoms with Crippen molar-refractivity contribution in [2.45, 2.75) is 13.8 Å². The standard InChI is InChI=1S/C17H14N2OS2/c1-11-7-12(2)9-14(8-11)19-16(20)15(22-17(19)21)10-13-5-3-4-6-18-13/h3-10H,1-2H3/b15-10-. The summed E-state index contributed by atoms with van der Waals surface area (Å²) in [6.07, 6.45) is 3.48. The maximum atomic E-state index is 12.7. The van der Waals surface area contributed by atoms with Crippen LogP contribution in [0.3, 0.4) is 0 Å². The Morgan fingerprint density at radius 2 is 1.91 bits per heavy atom. The second-order valence-corrected chi connectivity index (χ2v) is 6.79. The van der Waals surface area contributed by atoms with Crippen molar-refractivity contribution in [3.8, 4) is 0 Å². The highest BCUT2D eigenvalue weighted by Crippen LogP contribution is 2.36. The van der Waals surface area contributed by atoms with Crippen LogP contribution in [-0.4, -0.2) is 15.2 Å². The molecule has 0 atom stereocenters. The Bertz CT molecular complexity index is 764. The van der Waals surface area contributed by atoms with Crippen LogP contribution in [0.1, 0.15) is 16.8 Å². The Morgan fingerprint density at radius 1 is 1.18 bits per heavy atom. The van der Waals surface area contributed by atoms with Crippen LogP contribution in [0.4, 0.5) is 5.69 Å². The molecule has 0 bridgehead atoms. The minimum atomic E-state index is -0.0920. The lowest BCUT2D eigenvalue weighted by molar-refractivity contribution is -0.113. The van der Waals surface area contributed by atoms with Crippen LogP contribution in [0.15, 0.2) is 47.5 Å². The molecule has 1 aromatic carbocycles. The smallest absolute Gasteiger partial charge is 0.268 e. The molecule has 0 N–H and O–H groups in total. The number of hydrogen-bond donors (Lipinski definition) is 0. The van der Waals surface area contributed by atoms with E-state index < -0.39 is 0 Å². The summed E-state index contributed by atoms with van der Waals surface area (Å²) in [5.41, 5.74) is 3.79. The van der Waals surface area contributed by atoms with Gasteiger partial charge in [0.1, 0.15) is 0 Å². The topological polar surface area (TPSA) is 33.2 Å². The predicted octanol–water partition coefficient (Wildman–Crippen LogP) is 4.10. The normalized spacial score (nSPS) is 16.6. The van der Waals surface area contributed by atoms with Crippen LogP contribution in [0.5, 0.6) is 0 Å². The van der Waals surface area contributed by atoms with Crippen molar-refractivity contribution in [1.29, 1.82) is 0 Å². The molecule has 1 saturated heterocycles. The number of pyridine rings is 1. The van der Waals surface area contributed by atoms with Gasteiger partial charge in [-0.3, -0.25) is 14.7 Å². The van der Waals surface area contributed by atoms with Crippen LogP contribution in [-0.2, 0) is 4.79 Å². The lowest BCUT2D eigenvalue weighted by atomic mass is 10.1. The molecule has 5 heteroatoms. The van der Waals surface area contributed by atoms with Gasteiger partial charge in [0, 0.05) is 6.20 Å². The van der Waals surface area contributed by atoms with Crippen molar-refractivity contribution in [2.75, 3.05) is 4.90 Å². The lowest BCUT2D eigenvalue weighted by Crippen LogP contribution is -2.27. The number of thiocarbonyl (C=S) groups is 1. The molecular formula is C17H14N2OS2. The number of aryl methyl sites for hydroxylation is 2. The zero-order chi connectivity index (χ0) is 15.7. The molecule has 1 aromatic heterocycles. The maximum Gasteiger partial charge on any atom is 0.270 e. The number of nitrogens with zero attached hydrogens (tertiary/aromatic N) is 2. The largest absolute Gasteiger partial charge is 0.270 e. The summed E-state index contributed by atoms with van der Waals surface area (Å²) >= 11 is 6.70. The Labute approximate surface area is 139 Å². The van der Waals surface area contributed by atoms with E-state index in [0.717, 1.165) is 22.5 Å². The maximum absolute atomic E-state index is 12.7. The fraction of sp³-hybridized carbons (Fsp3) is 0.118. The molecule has 2 heterocycles. The number of aromatic nitrogens is 1. The second-order valence-electron chi connectivity index (χ2n) is 5.12. The van der Waals surface area contributed by atoms with Crippen LogP contribution in [0.2, 0.25) is 0 Å². The molecule has 0 radical (unpaired) electrons. The predicted molar refractivity (Wildman–Crippen MR) is 95.8 cm³/mol. The Kier molecular flexibility index (Phi) is 4.09. The lowest BCUT2D eigenvalue weighted by Gasteiger charge is -2.16. The fourth-order valence-electron chi connectivity index (χ4n) is 2.37. The SMILES string of the molecule is Cc1cc(C)cc(N2C(=O)/C(=C/c3ccccn3)SC2=S)c1. The molecule has 3 nitrogen and oxygen atoms in total. The number of anilines is 1. The summed E-state index contributed by atoms with van der Waals surface area (Å²) in [6.45, 7) is 4.02. The molecule has 1 aliphatic rings. The fourth-order valence-corrected chi connectivity index (χ4v) is 3.65. The first kappa shape index (κ1) is 14.9. The zero-order valence-corrected chi connectivity index (χ0v) is 13.9. The second kappa shape index (κ2) is 6.02. The first-order chi connectivity index (χ1) is 10.5. The molecule has 0 unspecified atom stereocenters. The molecular weight excluding hydrogens is 312 g/mol. The molecule has 0 spiro atoms. The molecule has 3 rings (SSSR count). The molecule has 22 heavy (non-hydrogen) atoms. The number of rotatable bonds is 2. The average molecular weight is 326 g/mol. The molecule has 1 aliphatic heterocycles. The Morgan fingerprint density at radius 3 is 2.55 bits per heavy atom. The van der Waals surface area contributed by atoms with Crippen LogP contribution in [0, 0.1) is 13.8 Å². The van der Waals surface area contributed by atoms with E-state index in [1.807, 2.05) is 44.2 Å². The molecule has 0 saturated carbocycles. The van der Waals surface area contributed by atoms with Crippen molar-refractivity contribution in [2.24, 2.45) is 0 Å². The van der Waals surface area contributed by atoms with E-state index in [9.17, 15) is 4.79 Å². The van der Waals surface area contributed by atoms with Crippen molar-refractivity contribution >= 4 is 46.0 Å². The summed E-state index contributed by atoms with van der Waals surface area (Å²) in [6, 6.07) is 11.6. The number of carbonyl (C=O) groups excluding carboxylic acids is 1. The summed E-state index contributed by atoms with van der Waals surface area (Å²) in [5, 5.41) is 0. The van der Waals surface area contributed by atoms with Gasteiger partial charge in [0.25, 0.3) is 5.91 Å². The molecule has 110 valence electrons. The molecule has 1 fully saturated rings. The third-order valence-electron chi connectivity index (χ3n) is 3.23. The van der Waals surface area contributed by atoms with Crippen molar-refractivity contribution in [1.82, 2.24) is 4.98 Å². The highest BCUT2D eigenvalue weighted by molar-refractivity contribution is 8.27. The van der Waals surface area contributed by atoms with Crippen molar-refractivity contribution < 1.29 is 4.79 Å². The van der Waals surface area contributed by atoms with Gasteiger partial charge in [-0.2, -0.15) is 0 Å². The van der Waals surface area contributed by atoms with Gasteiger partial charge in [0.2, 0.25) is 0 Å².